The summed E-state index contributed by atoms with van der Waals surface area (Å²) >= 11 is 0. The zero-order chi connectivity index (χ0) is 13.1. The highest BCUT2D eigenvalue weighted by Crippen LogP contribution is 2.22. The molecule has 1 aromatic rings. The van der Waals surface area contributed by atoms with Gasteiger partial charge in [0.15, 0.2) is 5.71 Å². The Morgan fingerprint density at radius 1 is 1.28 bits per heavy atom. The summed E-state index contributed by atoms with van der Waals surface area (Å²) in [6, 6.07) is 7.29. The molecule has 1 aromatic carbocycles. The molecule has 0 aromatic heterocycles. The van der Waals surface area contributed by atoms with Gasteiger partial charge in [-0.15, -0.1) is 5.10 Å². The molecule has 1 heterocycles. The molecule has 2 rings (SSSR count). The van der Waals surface area contributed by atoms with E-state index in [1.807, 2.05) is 24.3 Å². The average molecular weight is 243 g/mol. The second-order valence-electron chi connectivity index (χ2n) is 4.16. The van der Waals surface area contributed by atoms with Gasteiger partial charge in [-0.05, 0) is 19.9 Å². The van der Waals surface area contributed by atoms with Crippen molar-refractivity contribution in [2.24, 2.45) is 10.2 Å². The Kier molecular flexibility index (Phi) is 3.32. The summed E-state index contributed by atoms with van der Waals surface area (Å²) in [5, 5.41) is 10.6. The van der Waals surface area contributed by atoms with E-state index in [9.17, 15) is 9.59 Å². The molecule has 92 valence electrons. The lowest BCUT2D eigenvalue weighted by molar-refractivity contribution is -0.116. The topological polar surface area (TPSA) is 70.9 Å². The molecule has 5 nitrogen and oxygen atoms in total. The Labute approximate surface area is 105 Å². The number of para-hydroxylation sites is 1. The number of nitrogens with one attached hydrogen (secondary N) is 1. The average Bonchev–Trinajstić information content (AvgIpc) is 2.61. The molecule has 0 fully saturated rings. The van der Waals surface area contributed by atoms with Gasteiger partial charge in [-0.2, -0.15) is 5.10 Å². The van der Waals surface area contributed by atoms with Crippen LogP contribution in [0.15, 0.2) is 34.5 Å². The Morgan fingerprint density at radius 3 is 2.72 bits per heavy atom. The first-order valence-corrected chi connectivity index (χ1v) is 5.59. The van der Waals surface area contributed by atoms with E-state index in [1.165, 1.54) is 6.92 Å². The lowest BCUT2D eigenvalue weighted by Crippen LogP contribution is -2.14. The Balaban J connectivity index is 2.29. The highest BCUT2D eigenvalue weighted by atomic mass is 16.2. The summed E-state index contributed by atoms with van der Waals surface area (Å²) in [7, 11) is 0. The van der Waals surface area contributed by atoms with Crippen LogP contribution in [0.1, 0.15) is 25.8 Å². The first-order chi connectivity index (χ1) is 8.58. The van der Waals surface area contributed by atoms with Crippen molar-refractivity contribution in [3.8, 4) is 0 Å². The predicted molar refractivity (Wildman–Crippen MR) is 70.0 cm³/mol. The quantitative estimate of drug-likeness (QED) is 0.649. The number of hydrogen-bond acceptors (Lipinski definition) is 4. The number of fused-ring (bicyclic) bond motifs is 1. The third-order valence-electron chi connectivity index (χ3n) is 2.47. The summed E-state index contributed by atoms with van der Waals surface area (Å²) in [5.41, 5.74) is 2.35. The maximum atomic E-state index is 11.7. The number of amides is 1. The van der Waals surface area contributed by atoms with Crippen LogP contribution in [0.4, 0.5) is 5.69 Å². The van der Waals surface area contributed by atoms with Gasteiger partial charge in [-0.1, -0.05) is 18.2 Å². The number of benzene rings is 1. The molecule has 0 radical (unpaired) electrons. The highest BCUT2D eigenvalue weighted by molar-refractivity contribution is 6.53. The molecule has 1 N–H and O–H groups in total. The predicted octanol–water partition coefficient (Wildman–Crippen LogP) is 1.78. The molecule has 1 aliphatic rings. The summed E-state index contributed by atoms with van der Waals surface area (Å²) in [6.45, 7) is 3.20. The molecule has 0 spiro atoms. The van der Waals surface area contributed by atoms with Crippen molar-refractivity contribution in [3.05, 3.63) is 29.8 Å². The minimum atomic E-state index is -0.268. The minimum absolute atomic E-state index is 0.0210. The normalized spacial score (nSPS) is 16.7. The molecule has 18 heavy (non-hydrogen) atoms. The molecule has 1 amide bonds. The van der Waals surface area contributed by atoms with Crippen LogP contribution in [0.25, 0.3) is 0 Å². The first-order valence-electron chi connectivity index (χ1n) is 5.59. The largest absolute Gasteiger partial charge is 0.320 e. The molecule has 5 heteroatoms. The molecular weight excluding hydrogens is 230 g/mol. The molecule has 0 saturated carbocycles. The highest BCUT2D eigenvalue weighted by Gasteiger charge is 2.25. The molecular formula is C13H13N3O2. The van der Waals surface area contributed by atoms with Crippen molar-refractivity contribution in [2.45, 2.75) is 20.3 Å². The van der Waals surface area contributed by atoms with E-state index >= 15 is 0 Å². The van der Waals surface area contributed by atoms with E-state index in [0.717, 1.165) is 11.3 Å². The van der Waals surface area contributed by atoms with E-state index in [2.05, 4.69) is 15.5 Å². The van der Waals surface area contributed by atoms with Gasteiger partial charge in [0, 0.05) is 17.7 Å². The Bertz CT molecular complexity index is 573. The van der Waals surface area contributed by atoms with Gasteiger partial charge in [-0.25, -0.2) is 0 Å². The molecule has 0 unspecified atom stereocenters. The van der Waals surface area contributed by atoms with Crippen molar-refractivity contribution in [1.29, 1.82) is 0 Å². The van der Waals surface area contributed by atoms with E-state index in [-0.39, 0.29) is 23.8 Å². The SMILES string of the molecule is CC(=O)C/C(C)=N\N=C1/C(=O)Nc2ccccc21. The molecule has 0 saturated heterocycles. The number of carbonyl (C=O) groups excluding carboxylic acids is 2. The van der Waals surface area contributed by atoms with Crippen LogP contribution in [-0.2, 0) is 9.59 Å². The summed E-state index contributed by atoms with van der Waals surface area (Å²) in [6.07, 6.45) is 0.250. The summed E-state index contributed by atoms with van der Waals surface area (Å²) in [5.74, 6) is -0.247. The van der Waals surface area contributed by atoms with Gasteiger partial charge in [0.25, 0.3) is 5.91 Å². The van der Waals surface area contributed by atoms with Gasteiger partial charge < -0.3 is 5.32 Å². The number of nitrogens with zero attached hydrogens (tertiary/aromatic N) is 2. The molecule has 0 aliphatic carbocycles. The number of anilines is 1. The van der Waals surface area contributed by atoms with Crippen LogP contribution in [-0.4, -0.2) is 23.1 Å². The van der Waals surface area contributed by atoms with Crippen molar-refractivity contribution in [3.63, 3.8) is 0 Å². The van der Waals surface area contributed by atoms with Gasteiger partial charge in [-0.3, -0.25) is 9.59 Å². The van der Waals surface area contributed by atoms with E-state index in [0.29, 0.717) is 5.71 Å². The maximum Gasteiger partial charge on any atom is 0.276 e. The molecule has 0 atom stereocenters. The van der Waals surface area contributed by atoms with Crippen molar-refractivity contribution in [2.75, 3.05) is 5.32 Å². The van der Waals surface area contributed by atoms with Crippen LogP contribution in [0.2, 0.25) is 0 Å². The first kappa shape index (κ1) is 12.2. The fourth-order valence-corrected chi connectivity index (χ4v) is 1.73. The zero-order valence-electron chi connectivity index (χ0n) is 10.2. The van der Waals surface area contributed by atoms with E-state index < -0.39 is 0 Å². The summed E-state index contributed by atoms with van der Waals surface area (Å²) in [4.78, 5) is 22.6. The number of rotatable bonds is 3. The standard InChI is InChI=1S/C13H13N3O2/c1-8(7-9(2)17)15-16-12-10-5-3-4-6-11(10)14-13(12)18/h3-6H,7H2,1-2H3,(H,14,16,18)/b15-8-. The lowest BCUT2D eigenvalue weighted by atomic mass is 10.1. The van der Waals surface area contributed by atoms with Crippen molar-refractivity contribution in [1.82, 2.24) is 0 Å². The number of ketones is 1. The fraction of sp³-hybridized carbons (Fsp3) is 0.231. The number of Topliss-reactive ketones (excluding diaryl/α,β-unsaturated/α-hetero) is 1. The van der Waals surface area contributed by atoms with Crippen molar-refractivity contribution < 1.29 is 9.59 Å². The second kappa shape index (κ2) is 4.91. The Hall–Kier alpha value is -2.30. The minimum Gasteiger partial charge on any atom is -0.320 e. The van der Waals surface area contributed by atoms with Crippen LogP contribution >= 0.6 is 0 Å². The van der Waals surface area contributed by atoms with Crippen LogP contribution in [0.3, 0.4) is 0 Å². The van der Waals surface area contributed by atoms with Crippen LogP contribution in [0, 0.1) is 0 Å². The smallest absolute Gasteiger partial charge is 0.276 e. The van der Waals surface area contributed by atoms with Gasteiger partial charge >= 0.3 is 0 Å². The fourth-order valence-electron chi connectivity index (χ4n) is 1.73. The van der Waals surface area contributed by atoms with Crippen molar-refractivity contribution >= 4 is 28.8 Å². The lowest BCUT2D eigenvalue weighted by Gasteiger charge is -1.95. The second-order valence-corrected chi connectivity index (χ2v) is 4.16. The zero-order valence-corrected chi connectivity index (χ0v) is 10.2. The summed E-state index contributed by atoms with van der Waals surface area (Å²) < 4.78 is 0. The van der Waals surface area contributed by atoms with Crippen LogP contribution < -0.4 is 5.32 Å². The number of hydrogen-bond donors (Lipinski definition) is 1. The Morgan fingerprint density at radius 2 is 2.00 bits per heavy atom. The maximum absolute atomic E-state index is 11.7. The van der Waals surface area contributed by atoms with E-state index in [1.54, 1.807) is 6.92 Å². The van der Waals surface area contributed by atoms with Gasteiger partial charge in [0.05, 0.1) is 5.69 Å². The third kappa shape index (κ3) is 2.51. The third-order valence-corrected chi connectivity index (χ3v) is 2.47. The van der Waals surface area contributed by atoms with Gasteiger partial charge in [0.1, 0.15) is 5.78 Å². The monoisotopic (exact) mass is 243 g/mol. The van der Waals surface area contributed by atoms with E-state index in [4.69, 9.17) is 0 Å². The number of carbonyl (C=O) groups is 2. The van der Waals surface area contributed by atoms with Crippen LogP contribution in [0.5, 0.6) is 0 Å². The molecule has 1 aliphatic heterocycles. The molecule has 0 bridgehead atoms. The van der Waals surface area contributed by atoms with Gasteiger partial charge in [0.2, 0.25) is 0 Å².